The second-order valence-electron chi connectivity index (χ2n) is 6.12. The topological polar surface area (TPSA) is 86.6 Å². The molecule has 0 atom stereocenters. The molecule has 1 N–H and O–H groups in total. The van der Waals surface area contributed by atoms with Crippen molar-refractivity contribution >= 4 is 29.4 Å². The van der Waals surface area contributed by atoms with Gasteiger partial charge in [0.1, 0.15) is 6.54 Å². The SMILES string of the molecule is CCOC(=O)c1cc(C)n(CC(=O)OCC(=O)NCc2ccccc2Cl)c1C. The highest BCUT2D eigenvalue weighted by molar-refractivity contribution is 6.31. The predicted octanol–water partition coefficient (Wildman–Crippen LogP) is 2.79. The van der Waals surface area contributed by atoms with Crippen LogP contribution in [0.3, 0.4) is 0 Å². The molecule has 0 fully saturated rings. The first kappa shape index (κ1) is 21.5. The second kappa shape index (κ2) is 9.94. The number of carbonyl (C=O) groups excluding carboxylic acids is 3. The van der Waals surface area contributed by atoms with Gasteiger partial charge in [0.15, 0.2) is 6.61 Å². The van der Waals surface area contributed by atoms with Gasteiger partial charge in [0.2, 0.25) is 0 Å². The molecule has 0 saturated carbocycles. The maximum atomic E-state index is 12.1. The van der Waals surface area contributed by atoms with E-state index in [-0.39, 0.29) is 19.7 Å². The number of aromatic nitrogens is 1. The molecule has 0 saturated heterocycles. The van der Waals surface area contributed by atoms with Crippen LogP contribution in [0.25, 0.3) is 0 Å². The van der Waals surface area contributed by atoms with Crippen LogP contribution in [0.5, 0.6) is 0 Å². The Morgan fingerprint density at radius 1 is 1.14 bits per heavy atom. The van der Waals surface area contributed by atoms with Gasteiger partial charge in [-0.25, -0.2) is 4.79 Å². The molecular formula is C20H23ClN2O5. The molecule has 1 heterocycles. The molecule has 2 rings (SSSR count). The minimum absolute atomic E-state index is 0.102. The molecule has 0 aliphatic carbocycles. The Kier molecular flexibility index (Phi) is 7.63. The highest BCUT2D eigenvalue weighted by Crippen LogP contribution is 2.16. The van der Waals surface area contributed by atoms with Gasteiger partial charge < -0.3 is 19.4 Å². The van der Waals surface area contributed by atoms with E-state index in [1.807, 2.05) is 6.07 Å². The highest BCUT2D eigenvalue weighted by atomic mass is 35.5. The number of halogens is 1. The van der Waals surface area contributed by atoms with Crippen LogP contribution in [0.2, 0.25) is 5.02 Å². The molecule has 1 aromatic carbocycles. The minimum atomic E-state index is -0.579. The normalized spacial score (nSPS) is 10.4. The van der Waals surface area contributed by atoms with E-state index in [0.29, 0.717) is 16.3 Å². The van der Waals surface area contributed by atoms with Gasteiger partial charge in [0, 0.05) is 23.0 Å². The van der Waals surface area contributed by atoms with E-state index >= 15 is 0 Å². The molecule has 8 heteroatoms. The number of hydrogen-bond acceptors (Lipinski definition) is 5. The van der Waals surface area contributed by atoms with Gasteiger partial charge in [-0.15, -0.1) is 0 Å². The van der Waals surface area contributed by atoms with Crippen LogP contribution in [0.4, 0.5) is 0 Å². The standard InChI is InChI=1S/C20H23ClN2O5/c1-4-27-20(26)16-9-13(2)23(14(16)3)11-19(25)28-12-18(24)22-10-15-7-5-6-8-17(15)21/h5-9H,4,10-12H2,1-3H3,(H,22,24). The van der Waals surface area contributed by atoms with Crippen LogP contribution in [-0.2, 0) is 32.2 Å². The van der Waals surface area contributed by atoms with Crippen molar-refractivity contribution in [1.29, 1.82) is 0 Å². The molecule has 0 aliphatic heterocycles. The molecule has 150 valence electrons. The Bertz CT molecular complexity index is 875. The van der Waals surface area contributed by atoms with Gasteiger partial charge >= 0.3 is 11.9 Å². The number of carbonyl (C=O) groups is 3. The first-order valence-corrected chi connectivity index (χ1v) is 9.20. The maximum absolute atomic E-state index is 12.1. The van der Waals surface area contributed by atoms with Gasteiger partial charge in [-0.2, -0.15) is 0 Å². The molecule has 1 aromatic heterocycles. The summed E-state index contributed by atoms with van der Waals surface area (Å²) in [6.45, 7) is 5.25. The van der Waals surface area contributed by atoms with Gasteiger partial charge in [-0.3, -0.25) is 9.59 Å². The lowest BCUT2D eigenvalue weighted by Crippen LogP contribution is -2.29. The van der Waals surface area contributed by atoms with Crippen LogP contribution in [0.1, 0.15) is 34.2 Å². The van der Waals surface area contributed by atoms with Crippen molar-refractivity contribution in [2.45, 2.75) is 33.9 Å². The van der Waals surface area contributed by atoms with Crippen molar-refractivity contribution in [3.05, 3.63) is 57.9 Å². The third-order valence-electron chi connectivity index (χ3n) is 4.15. The molecule has 0 aliphatic rings. The fourth-order valence-electron chi connectivity index (χ4n) is 2.67. The van der Waals surface area contributed by atoms with E-state index in [0.717, 1.165) is 11.3 Å². The number of hydrogen-bond donors (Lipinski definition) is 1. The van der Waals surface area contributed by atoms with E-state index in [1.54, 1.807) is 49.6 Å². The Balaban J connectivity index is 1.86. The van der Waals surface area contributed by atoms with Gasteiger partial charge in [0.05, 0.1) is 12.2 Å². The zero-order valence-electron chi connectivity index (χ0n) is 16.1. The monoisotopic (exact) mass is 406 g/mol. The summed E-state index contributed by atoms with van der Waals surface area (Å²) >= 11 is 6.03. The average Bonchev–Trinajstić information content (AvgIpc) is 2.94. The molecule has 7 nitrogen and oxygen atoms in total. The quantitative estimate of drug-likeness (QED) is 0.681. The third kappa shape index (κ3) is 5.60. The lowest BCUT2D eigenvalue weighted by Gasteiger charge is -2.10. The zero-order valence-corrected chi connectivity index (χ0v) is 16.8. The molecule has 28 heavy (non-hydrogen) atoms. The first-order chi connectivity index (χ1) is 13.3. The smallest absolute Gasteiger partial charge is 0.339 e. The van der Waals surface area contributed by atoms with Crippen molar-refractivity contribution < 1.29 is 23.9 Å². The number of amides is 1. The van der Waals surface area contributed by atoms with Gasteiger partial charge in [0.25, 0.3) is 5.91 Å². The number of aryl methyl sites for hydroxylation is 1. The van der Waals surface area contributed by atoms with Crippen LogP contribution >= 0.6 is 11.6 Å². The zero-order chi connectivity index (χ0) is 20.7. The summed E-state index contributed by atoms with van der Waals surface area (Å²) in [4.78, 5) is 35.9. The third-order valence-corrected chi connectivity index (χ3v) is 4.52. The molecule has 0 spiro atoms. The predicted molar refractivity (Wildman–Crippen MR) is 104 cm³/mol. The van der Waals surface area contributed by atoms with Gasteiger partial charge in [-0.1, -0.05) is 29.8 Å². The van der Waals surface area contributed by atoms with Crippen molar-refractivity contribution in [3.8, 4) is 0 Å². The number of nitrogens with one attached hydrogen (secondary N) is 1. The number of rotatable bonds is 8. The number of benzene rings is 1. The minimum Gasteiger partial charge on any atom is -0.462 e. The summed E-state index contributed by atoms with van der Waals surface area (Å²) in [5, 5.41) is 3.20. The van der Waals surface area contributed by atoms with Gasteiger partial charge in [-0.05, 0) is 38.5 Å². The van der Waals surface area contributed by atoms with Crippen molar-refractivity contribution in [3.63, 3.8) is 0 Å². The second-order valence-corrected chi connectivity index (χ2v) is 6.53. The largest absolute Gasteiger partial charge is 0.462 e. The van der Waals surface area contributed by atoms with E-state index in [9.17, 15) is 14.4 Å². The lowest BCUT2D eigenvalue weighted by molar-refractivity contribution is -0.149. The maximum Gasteiger partial charge on any atom is 0.339 e. The van der Waals surface area contributed by atoms with Crippen LogP contribution in [0.15, 0.2) is 30.3 Å². The van der Waals surface area contributed by atoms with E-state index in [2.05, 4.69) is 5.32 Å². The van der Waals surface area contributed by atoms with Crippen LogP contribution in [0, 0.1) is 13.8 Å². The van der Waals surface area contributed by atoms with Crippen molar-refractivity contribution in [2.75, 3.05) is 13.2 Å². The van der Waals surface area contributed by atoms with Crippen LogP contribution in [-0.4, -0.2) is 35.6 Å². The summed E-state index contributed by atoms with van der Waals surface area (Å²) < 4.78 is 11.7. The number of ether oxygens (including phenoxy) is 2. The summed E-state index contributed by atoms with van der Waals surface area (Å²) in [7, 11) is 0. The highest BCUT2D eigenvalue weighted by Gasteiger charge is 2.19. The summed E-state index contributed by atoms with van der Waals surface area (Å²) in [5.41, 5.74) is 2.51. The molecular weight excluding hydrogens is 384 g/mol. The van der Waals surface area contributed by atoms with Crippen molar-refractivity contribution in [2.24, 2.45) is 0 Å². The Labute approximate surface area is 168 Å². The Morgan fingerprint density at radius 2 is 1.86 bits per heavy atom. The Hall–Kier alpha value is -2.80. The van der Waals surface area contributed by atoms with E-state index in [1.165, 1.54) is 0 Å². The molecule has 1 amide bonds. The number of nitrogens with zero attached hydrogens (tertiary/aromatic N) is 1. The fraction of sp³-hybridized carbons (Fsp3) is 0.350. The fourth-order valence-corrected chi connectivity index (χ4v) is 2.87. The van der Waals surface area contributed by atoms with Crippen molar-refractivity contribution in [1.82, 2.24) is 9.88 Å². The summed E-state index contributed by atoms with van der Waals surface area (Å²) in [6, 6.07) is 8.81. The summed E-state index contributed by atoms with van der Waals surface area (Å²) in [6.07, 6.45) is 0. The molecule has 0 unspecified atom stereocenters. The van der Waals surface area contributed by atoms with E-state index < -0.39 is 24.5 Å². The molecule has 0 bridgehead atoms. The summed E-state index contributed by atoms with van der Waals surface area (Å²) in [5.74, 6) is -1.44. The molecule has 2 aromatic rings. The Morgan fingerprint density at radius 3 is 2.54 bits per heavy atom. The van der Waals surface area contributed by atoms with Crippen LogP contribution < -0.4 is 5.32 Å². The van der Waals surface area contributed by atoms with E-state index in [4.69, 9.17) is 21.1 Å². The first-order valence-electron chi connectivity index (χ1n) is 8.83. The average molecular weight is 407 g/mol. The number of esters is 2. The lowest BCUT2D eigenvalue weighted by atomic mass is 10.2. The molecule has 0 radical (unpaired) electrons.